The van der Waals surface area contributed by atoms with Gasteiger partial charge in [-0.1, -0.05) is 76.5 Å². The van der Waals surface area contributed by atoms with Crippen LogP contribution in [0.5, 0.6) is 0 Å². The maximum Gasteiger partial charge on any atom is 0.335 e. The van der Waals surface area contributed by atoms with Crippen molar-refractivity contribution in [3.05, 3.63) is 35.5 Å². The molecule has 0 rings (SSSR count). The van der Waals surface area contributed by atoms with E-state index in [2.05, 4.69) is 6.92 Å². The highest BCUT2D eigenvalue weighted by atomic mass is 16.4. The molecule has 0 amide bonds. The molecule has 0 bridgehead atoms. The van der Waals surface area contributed by atoms with Gasteiger partial charge in [0.2, 0.25) is 0 Å². The summed E-state index contributed by atoms with van der Waals surface area (Å²) in [6, 6.07) is 0. The molecule has 0 unspecified atom stereocenters. The van der Waals surface area contributed by atoms with Crippen molar-refractivity contribution in [1.29, 1.82) is 0 Å². The second-order valence-electron chi connectivity index (χ2n) is 5.97. The van der Waals surface area contributed by atoms with E-state index < -0.39 is 11.9 Å². The van der Waals surface area contributed by atoms with E-state index >= 15 is 0 Å². The molecule has 0 aromatic heterocycles. The molecule has 0 aliphatic carbocycles. The number of carbonyl (C=O) groups is 2. The van der Waals surface area contributed by atoms with Crippen LogP contribution in [0.15, 0.2) is 35.5 Å². The summed E-state index contributed by atoms with van der Waals surface area (Å²) in [5, 5.41) is 18.1. The van der Waals surface area contributed by atoms with Crippen LogP contribution >= 0.6 is 0 Å². The molecule has 0 saturated heterocycles. The van der Waals surface area contributed by atoms with Crippen molar-refractivity contribution in [1.82, 2.24) is 0 Å². The van der Waals surface area contributed by atoms with Crippen molar-refractivity contribution < 1.29 is 19.8 Å². The molecule has 136 valence electrons. The van der Waals surface area contributed by atoms with Gasteiger partial charge in [-0.15, -0.1) is 0 Å². The van der Waals surface area contributed by atoms with Crippen LogP contribution in [0.2, 0.25) is 0 Å². The fourth-order valence-corrected chi connectivity index (χ4v) is 2.40. The Labute approximate surface area is 146 Å². The van der Waals surface area contributed by atoms with Crippen LogP contribution in [-0.4, -0.2) is 22.2 Å². The van der Waals surface area contributed by atoms with Gasteiger partial charge in [0.25, 0.3) is 0 Å². The van der Waals surface area contributed by atoms with E-state index in [0.29, 0.717) is 0 Å². The number of allylic oxidation sites excluding steroid dienone is 2. The summed E-state index contributed by atoms with van der Waals surface area (Å²) in [5.41, 5.74) is -0.0125. The highest BCUT2D eigenvalue weighted by molar-refractivity contribution is 5.96. The molecule has 0 spiro atoms. The van der Waals surface area contributed by atoms with Gasteiger partial charge < -0.3 is 10.2 Å². The van der Waals surface area contributed by atoms with Crippen LogP contribution in [0.4, 0.5) is 0 Å². The van der Waals surface area contributed by atoms with Crippen molar-refractivity contribution in [2.45, 2.75) is 78.1 Å². The first-order chi connectivity index (χ1) is 11.5. The third kappa shape index (κ3) is 11.7. The molecule has 0 aliphatic heterocycles. The molecule has 0 aromatic rings. The molecule has 0 heterocycles. The Morgan fingerprint density at radius 2 is 1.29 bits per heavy atom. The van der Waals surface area contributed by atoms with E-state index in [9.17, 15) is 9.59 Å². The van der Waals surface area contributed by atoms with E-state index in [-0.39, 0.29) is 11.1 Å². The summed E-state index contributed by atoms with van der Waals surface area (Å²) >= 11 is 0. The predicted molar refractivity (Wildman–Crippen MR) is 98.1 cm³/mol. The molecular formula is C20H32O4. The van der Waals surface area contributed by atoms with Gasteiger partial charge >= 0.3 is 11.9 Å². The molecule has 0 saturated carbocycles. The fourth-order valence-electron chi connectivity index (χ4n) is 2.40. The molecular weight excluding hydrogens is 304 g/mol. The predicted octanol–water partition coefficient (Wildman–Crippen LogP) is 5.51. The zero-order chi connectivity index (χ0) is 18.2. The SMILES string of the molecule is C/C=C(/C=C(/C=C/CCCCCCCCCCC)C(=O)O)C(=O)O. The zero-order valence-electron chi connectivity index (χ0n) is 15.1. The highest BCUT2D eigenvalue weighted by Crippen LogP contribution is 2.11. The Hall–Kier alpha value is -1.84. The van der Waals surface area contributed by atoms with Gasteiger partial charge in [0.05, 0.1) is 11.1 Å². The summed E-state index contributed by atoms with van der Waals surface area (Å²) in [6.07, 6.45) is 18.0. The zero-order valence-corrected chi connectivity index (χ0v) is 15.1. The minimum Gasteiger partial charge on any atom is -0.478 e. The molecule has 0 fully saturated rings. The number of unbranched alkanes of at least 4 members (excludes halogenated alkanes) is 9. The number of carboxylic acids is 2. The molecule has 4 heteroatoms. The van der Waals surface area contributed by atoms with Crippen LogP contribution in [0.25, 0.3) is 0 Å². The topological polar surface area (TPSA) is 74.6 Å². The minimum absolute atomic E-state index is 0.00132. The average molecular weight is 336 g/mol. The number of rotatable bonds is 14. The largest absolute Gasteiger partial charge is 0.478 e. The van der Waals surface area contributed by atoms with Crippen LogP contribution in [0.1, 0.15) is 78.1 Å². The quantitative estimate of drug-likeness (QED) is 0.249. The first kappa shape index (κ1) is 22.2. The lowest BCUT2D eigenvalue weighted by Gasteiger charge is -2.01. The van der Waals surface area contributed by atoms with Gasteiger partial charge in [0.15, 0.2) is 0 Å². The Morgan fingerprint density at radius 1 is 0.792 bits per heavy atom. The van der Waals surface area contributed by atoms with Crippen molar-refractivity contribution in [3.8, 4) is 0 Å². The van der Waals surface area contributed by atoms with Gasteiger partial charge in [0, 0.05) is 0 Å². The monoisotopic (exact) mass is 336 g/mol. The van der Waals surface area contributed by atoms with Crippen LogP contribution in [0, 0.1) is 0 Å². The van der Waals surface area contributed by atoms with E-state index in [1.54, 1.807) is 6.92 Å². The van der Waals surface area contributed by atoms with Gasteiger partial charge in [-0.2, -0.15) is 0 Å². The second kappa shape index (κ2) is 14.7. The van der Waals surface area contributed by atoms with Gasteiger partial charge in [-0.3, -0.25) is 0 Å². The van der Waals surface area contributed by atoms with Crippen LogP contribution in [0.3, 0.4) is 0 Å². The molecule has 0 aliphatic rings. The molecule has 24 heavy (non-hydrogen) atoms. The molecule has 4 nitrogen and oxygen atoms in total. The van der Waals surface area contributed by atoms with E-state index in [1.165, 1.54) is 63.2 Å². The number of carboxylic acid groups (broad SMARTS) is 2. The van der Waals surface area contributed by atoms with Gasteiger partial charge in [-0.05, 0) is 25.8 Å². The number of aliphatic carboxylic acids is 2. The second-order valence-corrected chi connectivity index (χ2v) is 5.97. The maximum absolute atomic E-state index is 11.1. The average Bonchev–Trinajstić information content (AvgIpc) is 2.54. The lowest BCUT2D eigenvalue weighted by molar-refractivity contribution is -0.132. The Kier molecular flexibility index (Phi) is 13.6. The van der Waals surface area contributed by atoms with Crippen molar-refractivity contribution in [2.75, 3.05) is 0 Å². The summed E-state index contributed by atoms with van der Waals surface area (Å²) in [6.45, 7) is 3.80. The first-order valence-electron chi connectivity index (χ1n) is 9.04. The van der Waals surface area contributed by atoms with E-state index in [1.807, 2.05) is 6.08 Å². The number of hydrogen-bond acceptors (Lipinski definition) is 2. The van der Waals surface area contributed by atoms with Crippen LogP contribution < -0.4 is 0 Å². The smallest absolute Gasteiger partial charge is 0.335 e. The van der Waals surface area contributed by atoms with Gasteiger partial charge in [-0.25, -0.2) is 9.59 Å². The lowest BCUT2D eigenvalue weighted by atomic mass is 10.1. The van der Waals surface area contributed by atoms with Crippen LogP contribution in [-0.2, 0) is 9.59 Å². The summed E-state index contributed by atoms with van der Waals surface area (Å²) in [4.78, 5) is 22.1. The summed E-state index contributed by atoms with van der Waals surface area (Å²) in [7, 11) is 0. The molecule has 2 N–H and O–H groups in total. The van der Waals surface area contributed by atoms with Crippen molar-refractivity contribution in [2.24, 2.45) is 0 Å². The molecule has 0 aromatic carbocycles. The Morgan fingerprint density at radius 3 is 1.75 bits per heavy atom. The van der Waals surface area contributed by atoms with Crippen molar-refractivity contribution in [3.63, 3.8) is 0 Å². The lowest BCUT2D eigenvalue weighted by Crippen LogP contribution is -2.03. The highest BCUT2D eigenvalue weighted by Gasteiger charge is 2.08. The molecule has 0 radical (unpaired) electrons. The Balaban J connectivity index is 4.04. The van der Waals surface area contributed by atoms with E-state index in [0.717, 1.165) is 19.3 Å². The molecule has 0 atom stereocenters. The standard InChI is InChI=1S/C20H32O4/c1-3-5-6-7-8-9-10-11-12-13-14-15-18(20(23)24)16-17(4-2)19(21)22/h4,14-16H,3,5-13H2,1-2H3,(H,21,22)(H,23,24)/b15-14+,17-4-,18-16-. The van der Waals surface area contributed by atoms with E-state index in [4.69, 9.17) is 10.2 Å². The summed E-state index contributed by atoms with van der Waals surface area (Å²) < 4.78 is 0. The van der Waals surface area contributed by atoms with Crippen molar-refractivity contribution >= 4 is 11.9 Å². The summed E-state index contributed by atoms with van der Waals surface area (Å²) in [5.74, 6) is -2.23. The Bertz CT molecular complexity index is 458. The third-order valence-corrected chi connectivity index (χ3v) is 3.89. The third-order valence-electron chi connectivity index (χ3n) is 3.89. The maximum atomic E-state index is 11.1. The van der Waals surface area contributed by atoms with Gasteiger partial charge in [0.1, 0.15) is 0 Å². The fraction of sp³-hybridized carbons (Fsp3) is 0.600. The normalized spacial score (nSPS) is 12.8. The minimum atomic E-state index is -1.12. The number of hydrogen-bond donors (Lipinski definition) is 2. The first-order valence-corrected chi connectivity index (χ1v) is 9.04.